The lowest BCUT2D eigenvalue weighted by Crippen LogP contribution is -2.28. The van der Waals surface area contributed by atoms with Crippen molar-refractivity contribution in [1.82, 2.24) is 0 Å². The molecule has 1 spiro atoms. The van der Waals surface area contributed by atoms with Crippen LogP contribution in [0.4, 0.5) is 17.1 Å². The standard InChI is InChI=1S/C72H47N/c1-4-21-48(22-5-1)49-39-41-51(42-40-49)69-55-28-11-10-23-50(55)43-46-68(69)73(54-44-45-59-58-31-12-16-33-61(58)71(66(59)47-54,52-24-6-2-7-25-52)53-26-8-3-9-27-53)67-38-20-37-65-70(67)60-32-15-19-36-64(60)72(65)62-34-17-13-29-56(62)57-30-14-18-35-63(57)72/h1-47H/i1D,2D,3D,4D,5D,6D,7D,8D,9D,10D,11D,12D,13D,14D,15D,16D,17D,18D,19D,20D,21D,22D,23D,24D,25D,26D,27D,28D,29D,30D,31D,32D,33D,34D,35D,36D,37D,38D,39D,40D,41D,42D,43D,44D,45D,46D. The van der Waals surface area contributed by atoms with Gasteiger partial charge in [0, 0.05) is 16.8 Å². The zero-order chi connectivity index (χ0) is 88.1. The summed E-state index contributed by atoms with van der Waals surface area (Å²) in [5.74, 6) is 0. The molecule has 0 N–H and O–H groups in total. The van der Waals surface area contributed by atoms with Crippen LogP contribution in [0.1, 0.15) is 108 Å². The smallest absolute Gasteiger partial charge is 0.0726 e. The lowest BCUT2D eigenvalue weighted by molar-refractivity contribution is 0.768. The van der Waals surface area contributed by atoms with Gasteiger partial charge >= 0.3 is 0 Å². The van der Waals surface area contributed by atoms with Crippen molar-refractivity contribution in [3.8, 4) is 55.6 Å². The third kappa shape index (κ3) is 5.79. The van der Waals surface area contributed by atoms with Gasteiger partial charge in [-0.1, -0.05) is 260 Å². The average Bonchev–Trinajstić information content (AvgIpc) is 1.000. The molecule has 0 atom stereocenters. The van der Waals surface area contributed by atoms with Gasteiger partial charge < -0.3 is 4.90 Å². The quantitative estimate of drug-likeness (QED) is 0.154. The molecule has 15 rings (SSSR count). The molecule has 340 valence electrons. The van der Waals surface area contributed by atoms with Crippen LogP contribution >= 0.6 is 0 Å². The Morgan fingerprint density at radius 1 is 0.274 bits per heavy atom. The molecule has 0 aliphatic heterocycles. The van der Waals surface area contributed by atoms with Crippen molar-refractivity contribution in [3.63, 3.8) is 0 Å². The zero-order valence-corrected chi connectivity index (χ0v) is 36.5. The molecule has 0 aromatic heterocycles. The first-order valence-electron chi connectivity index (χ1n) is 44.7. The molecular weight excluding hydrogens is 879 g/mol. The van der Waals surface area contributed by atoms with Gasteiger partial charge in [0.15, 0.2) is 0 Å². The summed E-state index contributed by atoms with van der Waals surface area (Å²) in [7, 11) is 0. The maximum Gasteiger partial charge on any atom is 0.0726 e. The predicted octanol–water partition coefficient (Wildman–Crippen LogP) is 18.4. The highest BCUT2D eigenvalue weighted by atomic mass is 15.1. The van der Waals surface area contributed by atoms with Crippen molar-refractivity contribution >= 4 is 27.8 Å². The largest absolute Gasteiger partial charge is 0.309 e. The highest BCUT2D eigenvalue weighted by Gasteiger charge is 2.53. The Morgan fingerprint density at radius 2 is 0.726 bits per heavy atom. The Bertz CT molecular complexity index is 6690. The Labute approximate surface area is 491 Å². The van der Waals surface area contributed by atoms with Crippen molar-refractivity contribution in [3.05, 3.63) is 329 Å². The molecule has 0 amide bonds. The molecule has 0 unspecified atom stereocenters. The number of hydrogen-bond donors (Lipinski definition) is 0. The second kappa shape index (κ2) is 16.1. The third-order valence-electron chi connectivity index (χ3n) is 13.0. The van der Waals surface area contributed by atoms with Gasteiger partial charge in [-0.15, -0.1) is 0 Å². The lowest BCUT2D eigenvalue weighted by atomic mass is 9.67. The SMILES string of the molecule is [2H]c1c(N(c2c([2H])c([2H])c([2H])c3c2-c2c([2H])c([2H])c([2H])c([2H])c2C32c3c([2H])c([2H])c([2H])c([2H])c3-c3c([2H])c([2H])c([2H])c([2H])c32)c2c([2H])c([2H])c3c([2H])c([2H])c([2H])c([2H])c3c2-c2c([2H])c([2H])c(-c3c([2H])c([2H])c([2H])c([2H])c3[2H])c([2H])c2[2H])cc2c(c1[2H])-c1c([2H])c([2H])c([2H])c([2H])c1C2(c1c([2H])c([2H])c([2H])c([2H])c1[2H])c1c([2H])c([2H])c([2H])c([2H])c1[2H]. The fourth-order valence-corrected chi connectivity index (χ4v) is 10.3. The average molecular weight is 972 g/mol. The van der Waals surface area contributed by atoms with Gasteiger partial charge in [0.1, 0.15) is 0 Å². The van der Waals surface area contributed by atoms with E-state index in [1.165, 1.54) is 0 Å². The molecule has 73 heavy (non-hydrogen) atoms. The van der Waals surface area contributed by atoms with E-state index in [1.807, 2.05) is 0 Å². The minimum atomic E-state index is -3.64. The highest BCUT2D eigenvalue weighted by molar-refractivity contribution is 6.08. The number of nitrogens with zero attached hydrogens (tertiary/aromatic N) is 1. The Morgan fingerprint density at radius 3 is 1.36 bits per heavy atom. The van der Waals surface area contributed by atoms with Crippen molar-refractivity contribution in [2.24, 2.45) is 0 Å². The Balaban J connectivity index is 1.31. The molecule has 12 aromatic rings. The molecule has 12 aromatic carbocycles. The monoisotopic (exact) mass is 972 g/mol. The molecule has 0 heterocycles. The van der Waals surface area contributed by atoms with E-state index in [4.69, 9.17) is 13.7 Å². The topological polar surface area (TPSA) is 3.24 Å². The van der Waals surface area contributed by atoms with E-state index >= 15 is 0 Å². The van der Waals surface area contributed by atoms with Crippen molar-refractivity contribution in [2.45, 2.75) is 10.8 Å². The maximum atomic E-state index is 10.8. The molecular formula is C72H47N. The van der Waals surface area contributed by atoms with Crippen LogP contribution in [0.5, 0.6) is 0 Å². The molecule has 1 heteroatoms. The van der Waals surface area contributed by atoms with Gasteiger partial charge in [-0.05, 0) is 124 Å². The van der Waals surface area contributed by atoms with Gasteiger partial charge in [-0.2, -0.15) is 0 Å². The predicted molar refractivity (Wildman–Crippen MR) is 303 cm³/mol. The molecule has 3 aliphatic rings. The first-order chi connectivity index (χ1) is 55.4. The van der Waals surface area contributed by atoms with E-state index in [-0.39, 0.29) is 4.90 Å². The molecule has 3 aliphatic carbocycles. The van der Waals surface area contributed by atoms with E-state index in [9.17, 15) is 49.3 Å². The van der Waals surface area contributed by atoms with Crippen LogP contribution in [0.15, 0.2) is 284 Å². The summed E-state index contributed by atoms with van der Waals surface area (Å²) >= 11 is 0. The number of anilines is 3. The van der Waals surface area contributed by atoms with Crippen LogP contribution in [-0.4, -0.2) is 0 Å². The summed E-state index contributed by atoms with van der Waals surface area (Å²) in [5, 5.41) is -2.28. The van der Waals surface area contributed by atoms with Crippen molar-refractivity contribution in [2.75, 3.05) is 4.90 Å². The second-order valence-corrected chi connectivity index (χ2v) is 16.4. The third-order valence-corrected chi connectivity index (χ3v) is 13.0. The van der Waals surface area contributed by atoms with Gasteiger partial charge in [0.05, 0.1) is 85.3 Å². The van der Waals surface area contributed by atoms with Crippen LogP contribution < -0.4 is 4.90 Å². The number of hydrogen-bond acceptors (Lipinski definition) is 1. The van der Waals surface area contributed by atoms with E-state index < -0.39 is 417 Å². The van der Waals surface area contributed by atoms with E-state index in [2.05, 4.69) is 0 Å². The van der Waals surface area contributed by atoms with Gasteiger partial charge in [0.25, 0.3) is 0 Å². The number of fused-ring (bicyclic) bond motifs is 14. The lowest BCUT2D eigenvalue weighted by Gasteiger charge is -2.36. The molecule has 0 saturated carbocycles. The fourth-order valence-electron chi connectivity index (χ4n) is 10.3. The van der Waals surface area contributed by atoms with Gasteiger partial charge in [-0.3, -0.25) is 0 Å². The maximum absolute atomic E-state index is 10.8. The highest BCUT2D eigenvalue weighted by Crippen LogP contribution is 2.65. The van der Waals surface area contributed by atoms with Crippen LogP contribution in [0.3, 0.4) is 0 Å². The van der Waals surface area contributed by atoms with Gasteiger partial charge in [0.2, 0.25) is 0 Å². The Kier molecular flexibility index (Phi) is 3.61. The summed E-state index contributed by atoms with van der Waals surface area (Å²) in [5.41, 5.74) is -31.1. The van der Waals surface area contributed by atoms with Crippen LogP contribution in [0.25, 0.3) is 66.4 Å². The normalized spacial score (nSPS) is 22.5. The number of rotatable bonds is 7. The first kappa shape index (κ1) is 16.4. The fraction of sp³-hybridized carbons (Fsp3) is 0.0278. The van der Waals surface area contributed by atoms with E-state index in [0.717, 1.165) is 0 Å². The summed E-state index contributed by atoms with van der Waals surface area (Å²) in [6.45, 7) is 0. The van der Waals surface area contributed by atoms with E-state index in [1.54, 1.807) is 0 Å². The zero-order valence-electron chi connectivity index (χ0n) is 82.5. The summed E-state index contributed by atoms with van der Waals surface area (Å²) in [6, 6.07) is -59.0. The Hall–Kier alpha value is -9.30. The summed E-state index contributed by atoms with van der Waals surface area (Å²) < 4.78 is 444. The molecule has 0 saturated heterocycles. The van der Waals surface area contributed by atoms with Crippen LogP contribution in [0.2, 0.25) is 0 Å². The summed E-state index contributed by atoms with van der Waals surface area (Å²) in [6.07, 6.45) is 0. The minimum absolute atomic E-state index is 0.263. The molecule has 0 fully saturated rings. The molecule has 0 radical (unpaired) electrons. The number of benzene rings is 12. The van der Waals surface area contributed by atoms with E-state index in [0.29, 0.717) is 6.07 Å². The first-order valence-corrected chi connectivity index (χ1v) is 21.7. The van der Waals surface area contributed by atoms with Crippen molar-refractivity contribution in [1.29, 1.82) is 0 Å². The van der Waals surface area contributed by atoms with Crippen molar-refractivity contribution < 1.29 is 63.1 Å². The van der Waals surface area contributed by atoms with Gasteiger partial charge in [-0.25, -0.2) is 0 Å². The summed E-state index contributed by atoms with van der Waals surface area (Å²) in [4.78, 5) is 0.263. The minimum Gasteiger partial charge on any atom is -0.309 e. The molecule has 0 bridgehead atoms. The second-order valence-electron chi connectivity index (χ2n) is 16.4. The van der Waals surface area contributed by atoms with Crippen LogP contribution in [0, 0.1) is 0 Å². The van der Waals surface area contributed by atoms with Crippen LogP contribution in [-0.2, 0) is 10.8 Å². The molecule has 1 nitrogen and oxygen atoms in total.